The molecule has 0 spiro atoms. The topological polar surface area (TPSA) is 24.9 Å². The Bertz CT molecular complexity index is 505. The highest BCUT2D eigenvalue weighted by atomic mass is 14.9. The maximum atomic E-state index is 4.14. The fourth-order valence-corrected chi connectivity index (χ4v) is 2.64. The van der Waals surface area contributed by atoms with Crippen LogP contribution in [0, 0.1) is 0 Å². The first-order valence-electron chi connectivity index (χ1n) is 7.26. The summed E-state index contributed by atoms with van der Waals surface area (Å²) in [7, 11) is 0. The third-order valence-corrected chi connectivity index (χ3v) is 3.75. The van der Waals surface area contributed by atoms with Gasteiger partial charge in [-0.3, -0.25) is 4.98 Å². The molecule has 2 aromatic rings. The Morgan fingerprint density at radius 1 is 1.10 bits per heavy atom. The molecule has 0 saturated carbocycles. The molecule has 2 heteroatoms. The van der Waals surface area contributed by atoms with Gasteiger partial charge in [0.05, 0.1) is 0 Å². The van der Waals surface area contributed by atoms with Crippen LogP contribution in [0.5, 0.6) is 0 Å². The van der Waals surface area contributed by atoms with Crippen molar-refractivity contribution in [1.29, 1.82) is 0 Å². The summed E-state index contributed by atoms with van der Waals surface area (Å²) >= 11 is 0. The summed E-state index contributed by atoms with van der Waals surface area (Å²) in [6, 6.07) is 15.3. The molecule has 1 aromatic carbocycles. The number of aromatic nitrogens is 1. The smallest absolute Gasteiger partial charge is 0.0312 e. The summed E-state index contributed by atoms with van der Waals surface area (Å²) in [5.41, 5.74) is 2.81. The van der Waals surface area contributed by atoms with Gasteiger partial charge in [-0.15, -0.1) is 0 Å². The molecule has 1 atom stereocenters. The van der Waals surface area contributed by atoms with Crippen molar-refractivity contribution < 1.29 is 0 Å². The Labute approximate surface area is 122 Å². The van der Waals surface area contributed by atoms with E-state index in [0.717, 1.165) is 13.0 Å². The Balaban J connectivity index is 1.89. The number of rotatable bonds is 6. The molecule has 0 amide bonds. The van der Waals surface area contributed by atoms with Gasteiger partial charge in [0.15, 0.2) is 0 Å². The molecule has 1 unspecified atom stereocenters. The van der Waals surface area contributed by atoms with E-state index in [2.05, 4.69) is 67.5 Å². The molecule has 0 aliphatic heterocycles. The van der Waals surface area contributed by atoms with Gasteiger partial charge >= 0.3 is 0 Å². The lowest BCUT2D eigenvalue weighted by atomic mass is 9.79. The van der Waals surface area contributed by atoms with Crippen molar-refractivity contribution in [3.8, 4) is 0 Å². The maximum Gasteiger partial charge on any atom is 0.0312 e. The van der Waals surface area contributed by atoms with Crippen molar-refractivity contribution >= 4 is 0 Å². The van der Waals surface area contributed by atoms with Gasteiger partial charge in [0.1, 0.15) is 0 Å². The lowest BCUT2D eigenvalue weighted by molar-refractivity contribution is 0.388. The average molecular weight is 268 g/mol. The summed E-state index contributed by atoms with van der Waals surface area (Å²) in [5, 5.41) is 3.58. The van der Waals surface area contributed by atoms with Crippen LogP contribution in [0.3, 0.4) is 0 Å². The fraction of sp³-hybridized carbons (Fsp3) is 0.389. The molecule has 0 saturated heterocycles. The van der Waals surface area contributed by atoms with Gasteiger partial charge < -0.3 is 5.32 Å². The van der Waals surface area contributed by atoms with Crippen molar-refractivity contribution in [3.63, 3.8) is 0 Å². The Kier molecular flexibility index (Phi) is 4.91. The highest BCUT2D eigenvalue weighted by molar-refractivity contribution is 5.23. The van der Waals surface area contributed by atoms with Crippen LogP contribution >= 0.6 is 0 Å². The fourth-order valence-electron chi connectivity index (χ4n) is 2.64. The van der Waals surface area contributed by atoms with E-state index >= 15 is 0 Å². The Hall–Kier alpha value is -1.67. The molecule has 20 heavy (non-hydrogen) atoms. The van der Waals surface area contributed by atoms with E-state index in [1.165, 1.54) is 11.1 Å². The Morgan fingerprint density at radius 2 is 1.85 bits per heavy atom. The molecule has 1 aromatic heterocycles. The van der Waals surface area contributed by atoms with E-state index in [0.29, 0.717) is 6.04 Å². The number of nitrogens with zero attached hydrogens (tertiary/aromatic N) is 1. The molecule has 0 radical (unpaired) electrons. The van der Waals surface area contributed by atoms with Crippen LogP contribution in [0.4, 0.5) is 0 Å². The van der Waals surface area contributed by atoms with Gasteiger partial charge in [-0.25, -0.2) is 0 Å². The van der Waals surface area contributed by atoms with Crippen LogP contribution < -0.4 is 5.32 Å². The van der Waals surface area contributed by atoms with Gasteiger partial charge in [0.2, 0.25) is 0 Å². The molecule has 2 rings (SSSR count). The standard InChI is InChI=1S/C18H24N2/c1-15(20-14-16-8-7-11-19-13-16)12-18(2,3)17-9-5-4-6-10-17/h4-11,13,15,20H,12,14H2,1-3H3. The monoisotopic (exact) mass is 268 g/mol. The van der Waals surface area contributed by atoms with E-state index in [4.69, 9.17) is 0 Å². The number of pyridine rings is 1. The van der Waals surface area contributed by atoms with Crippen LogP contribution in [0.2, 0.25) is 0 Å². The van der Waals surface area contributed by atoms with Gasteiger partial charge in [-0.1, -0.05) is 50.2 Å². The second-order valence-corrected chi connectivity index (χ2v) is 6.10. The number of nitrogens with one attached hydrogen (secondary N) is 1. The van der Waals surface area contributed by atoms with Crippen molar-refractivity contribution in [2.45, 2.75) is 45.2 Å². The Morgan fingerprint density at radius 3 is 2.50 bits per heavy atom. The molecule has 1 N–H and O–H groups in total. The van der Waals surface area contributed by atoms with Crippen LogP contribution in [-0.4, -0.2) is 11.0 Å². The summed E-state index contributed by atoms with van der Waals surface area (Å²) in [4.78, 5) is 4.14. The normalized spacial score (nSPS) is 13.2. The minimum Gasteiger partial charge on any atom is -0.310 e. The summed E-state index contributed by atoms with van der Waals surface area (Å²) in [6.45, 7) is 7.75. The molecular formula is C18H24N2. The van der Waals surface area contributed by atoms with Gasteiger partial charge in [-0.2, -0.15) is 0 Å². The maximum absolute atomic E-state index is 4.14. The molecule has 1 heterocycles. The van der Waals surface area contributed by atoms with Crippen LogP contribution in [0.15, 0.2) is 54.9 Å². The summed E-state index contributed by atoms with van der Waals surface area (Å²) in [6.07, 6.45) is 4.84. The van der Waals surface area contributed by atoms with E-state index in [9.17, 15) is 0 Å². The minimum atomic E-state index is 0.183. The first-order chi connectivity index (χ1) is 9.58. The lowest BCUT2D eigenvalue weighted by Crippen LogP contribution is -2.32. The van der Waals surface area contributed by atoms with E-state index in [1.807, 2.05) is 18.5 Å². The summed E-state index contributed by atoms with van der Waals surface area (Å²) < 4.78 is 0. The highest BCUT2D eigenvalue weighted by Crippen LogP contribution is 2.28. The number of benzene rings is 1. The van der Waals surface area contributed by atoms with Crippen molar-refractivity contribution in [2.75, 3.05) is 0 Å². The molecular weight excluding hydrogens is 244 g/mol. The van der Waals surface area contributed by atoms with Gasteiger partial charge in [0.25, 0.3) is 0 Å². The first-order valence-corrected chi connectivity index (χ1v) is 7.26. The molecule has 2 nitrogen and oxygen atoms in total. The lowest BCUT2D eigenvalue weighted by Gasteiger charge is -2.29. The molecule has 0 aliphatic carbocycles. The molecule has 0 bridgehead atoms. The highest BCUT2D eigenvalue weighted by Gasteiger charge is 2.22. The molecule has 0 aliphatic rings. The zero-order valence-corrected chi connectivity index (χ0v) is 12.6. The van der Waals surface area contributed by atoms with Gasteiger partial charge in [0, 0.05) is 25.0 Å². The predicted molar refractivity (Wildman–Crippen MR) is 84.6 cm³/mol. The second kappa shape index (κ2) is 6.67. The van der Waals surface area contributed by atoms with Crippen molar-refractivity contribution in [2.24, 2.45) is 0 Å². The average Bonchev–Trinajstić information content (AvgIpc) is 2.47. The van der Waals surface area contributed by atoms with Crippen LogP contribution in [0.1, 0.15) is 38.3 Å². The largest absolute Gasteiger partial charge is 0.310 e. The van der Waals surface area contributed by atoms with E-state index < -0.39 is 0 Å². The minimum absolute atomic E-state index is 0.183. The summed E-state index contributed by atoms with van der Waals surface area (Å²) in [5.74, 6) is 0. The van der Waals surface area contributed by atoms with Gasteiger partial charge in [-0.05, 0) is 36.0 Å². The molecule has 0 fully saturated rings. The zero-order valence-electron chi connectivity index (χ0n) is 12.6. The van der Waals surface area contributed by atoms with Crippen LogP contribution in [-0.2, 0) is 12.0 Å². The zero-order chi connectivity index (χ0) is 14.4. The quantitative estimate of drug-likeness (QED) is 0.858. The second-order valence-electron chi connectivity index (χ2n) is 6.10. The first kappa shape index (κ1) is 14.7. The molecule has 106 valence electrons. The third kappa shape index (κ3) is 4.17. The van der Waals surface area contributed by atoms with Crippen molar-refractivity contribution in [1.82, 2.24) is 10.3 Å². The number of hydrogen-bond acceptors (Lipinski definition) is 2. The third-order valence-electron chi connectivity index (χ3n) is 3.75. The van der Waals surface area contributed by atoms with E-state index in [-0.39, 0.29) is 5.41 Å². The SMILES string of the molecule is CC(CC(C)(C)c1ccccc1)NCc1cccnc1. The number of hydrogen-bond donors (Lipinski definition) is 1. The predicted octanol–water partition coefficient (Wildman–Crippen LogP) is 3.93. The van der Waals surface area contributed by atoms with Crippen LogP contribution in [0.25, 0.3) is 0 Å². The van der Waals surface area contributed by atoms with Crippen molar-refractivity contribution in [3.05, 3.63) is 66.0 Å². The van der Waals surface area contributed by atoms with E-state index in [1.54, 1.807) is 0 Å².